The lowest BCUT2D eigenvalue weighted by Gasteiger charge is -2.33. The van der Waals surface area contributed by atoms with Crippen molar-refractivity contribution in [1.82, 2.24) is 10.2 Å². The number of aliphatic imine (C=N–C) groups is 1. The number of nitrogens with zero attached hydrogens (tertiary/aromatic N) is 3. The third-order valence-corrected chi connectivity index (χ3v) is 5.30. The summed E-state index contributed by atoms with van der Waals surface area (Å²) < 4.78 is 0. The van der Waals surface area contributed by atoms with E-state index in [-0.39, 0.29) is 24.0 Å². The minimum absolute atomic E-state index is 0. The molecule has 0 aromatic heterocycles. The topological polar surface area (TPSA) is 51.1 Å². The molecule has 2 aromatic carbocycles. The maximum Gasteiger partial charge on any atom is 0.194 e. The molecule has 0 atom stereocenters. The molecular weight excluding hydrogens is 475 g/mol. The Balaban J connectivity index is 0.00000300. The summed E-state index contributed by atoms with van der Waals surface area (Å²) in [5.41, 5.74) is 3.71. The van der Waals surface area contributed by atoms with Crippen LogP contribution in [0.25, 0.3) is 0 Å². The Morgan fingerprint density at radius 3 is 2.28 bits per heavy atom. The van der Waals surface area contributed by atoms with Crippen LogP contribution in [0.4, 0.5) is 5.69 Å². The van der Waals surface area contributed by atoms with Gasteiger partial charge in [0.1, 0.15) is 0 Å². The first kappa shape index (κ1) is 23.5. The number of anilines is 1. The van der Waals surface area contributed by atoms with Crippen LogP contribution in [0.5, 0.6) is 0 Å². The van der Waals surface area contributed by atoms with Crippen molar-refractivity contribution in [3.8, 4) is 0 Å². The summed E-state index contributed by atoms with van der Waals surface area (Å²) in [6.07, 6.45) is 2.15. The van der Waals surface area contributed by atoms with Gasteiger partial charge in [0.05, 0.1) is 6.54 Å². The fourth-order valence-corrected chi connectivity index (χ4v) is 3.48. The Bertz CT molecular complexity index is 741. The number of nitrogens with one attached hydrogen (secondary N) is 1. The van der Waals surface area contributed by atoms with Crippen molar-refractivity contribution >= 4 is 35.6 Å². The lowest BCUT2D eigenvalue weighted by Crippen LogP contribution is -2.36. The number of piperidine rings is 1. The molecule has 2 N–H and O–H groups in total. The highest BCUT2D eigenvalue weighted by Crippen LogP contribution is 2.23. The molecule has 3 rings (SSSR count). The predicted octanol–water partition coefficient (Wildman–Crippen LogP) is 3.72. The first-order valence-electron chi connectivity index (χ1n) is 10.1. The van der Waals surface area contributed by atoms with Crippen molar-refractivity contribution in [2.75, 3.05) is 38.7 Å². The van der Waals surface area contributed by atoms with Gasteiger partial charge in [-0.15, -0.1) is 24.0 Å². The zero-order valence-electron chi connectivity index (χ0n) is 17.4. The average molecular weight is 508 g/mol. The number of benzene rings is 2. The van der Waals surface area contributed by atoms with Crippen LogP contribution in [0.3, 0.4) is 0 Å². The molecule has 29 heavy (non-hydrogen) atoms. The SMILES string of the molecule is CN(C)C(=NCc1ccccc1)NCc1ccc(N2CCC(CO)CC2)cc1.I. The summed E-state index contributed by atoms with van der Waals surface area (Å²) in [5.74, 6) is 1.36. The first-order valence-corrected chi connectivity index (χ1v) is 10.1. The third kappa shape index (κ3) is 7.19. The van der Waals surface area contributed by atoms with Crippen LogP contribution in [0, 0.1) is 5.92 Å². The van der Waals surface area contributed by atoms with Crippen LogP contribution in [-0.4, -0.2) is 49.8 Å². The second kappa shape index (κ2) is 12.0. The molecule has 0 saturated carbocycles. The molecule has 0 amide bonds. The molecule has 1 saturated heterocycles. The van der Waals surface area contributed by atoms with E-state index in [9.17, 15) is 5.11 Å². The molecular formula is C23H33IN4O. The van der Waals surface area contributed by atoms with Gasteiger partial charge in [0, 0.05) is 46.0 Å². The van der Waals surface area contributed by atoms with Crippen molar-refractivity contribution in [3.63, 3.8) is 0 Å². The first-order chi connectivity index (χ1) is 13.7. The summed E-state index contributed by atoms with van der Waals surface area (Å²) >= 11 is 0. The lowest BCUT2D eigenvalue weighted by atomic mass is 9.97. The molecule has 1 fully saturated rings. The van der Waals surface area contributed by atoms with Gasteiger partial charge in [0.25, 0.3) is 0 Å². The zero-order valence-corrected chi connectivity index (χ0v) is 19.8. The minimum atomic E-state index is 0. The predicted molar refractivity (Wildman–Crippen MR) is 132 cm³/mol. The quantitative estimate of drug-likeness (QED) is 0.355. The number of rotatable bonds is 6. The molecule has 158 valence electrons. The summed E-state index contributed by atoms with van der Waals surface area (Å²) in [6.45, 7) is 3.79. The second-order valence-electron chi connectivity index (χ2n) is 7.65. The Morgan fingerprint density at radius 2 is 1.69 bits per heavy atom. The van der Waals surface area contributed by atoms with E-state index in [0.717, 1.165) is 38.4 Å². The standard InChI is InChI=1S/C23H32N4O.HI/c1-26(2)23(24-16-19-6-4-3-5-7-19)25-17-20-8-10-22(11-9-20)27-14-12-21(18-28)13-15-27;/h3-11,21,28H,12-18H2,1-2H3,(H,24,25);1H. The van der Waals surface area contributed by atoms with E-state index in [1.807, 2.05) is 37.2 Å². The zero-order chi connectivity index (χ0) is 19.8. The molecule has 5 nitrogen and oxygen atoms in total. The van der Waals surface area contributed by atoms with Gasteiger partial charge in [-0.1, -0.05) is 42.5 Å². The molecule has 1 aliphatic rings. The van der Waals surface area contributed by atoms with Crippen molar-refractivity contribution in [2.24, 2.45) is 10.9 Å². The Morgan fingerprint density at radius 1 is 1.03 bits per heavy atom. The monoisotopic (exact) mass is 508 g/mol. The third-order valence-electron chi connectivity index (χ3n) is 5.30. The van der Waals surface area contributed by atoms with Gasteiger partial charge in [-0.3, -0.25) is 0 Å². The molecule has 0 radical (unpaired) electrons. The van der Waals surface area contributed by atoms with Crippen LogP contribution >= 0.6 is 24.0 Å². The van der Waals surface area contributed by atoms with Gasteiger partial charge in [0.2, 0.25) is 0 Å². The summed E-state index contributed by atoms with van der Waals surface area (Å²) in [4.78, 5) is 9.15. The van der Waals surface area contributed by atoms with Gasteiger partial charge in [-0.2, -0.15) is 0 Å². The Kier molecular flexibility index (Phi) is 9.73. The Labute approximate surface area is 191 Å². The van der Waals surface area contributed by atoms with E-state index < -0.39 is 0 Å². The van der Waals surface area contributed by atoms with E-state index in [1.165, 1.54) is 16.8 Å². The number of guanidine groups is 1. The molecule has 6 heteroatoms. The molecule has 0 spiro atoms. The van der Waals surface area contributed by atoms with Gasteiger partial charge in [0.15, 0.2) is 5.96 Å². The molecule has 2 aromatic rings. The molecule has 1 aliphatic heterocycles. The molecule has 1 heterocycles. The van der Waals surface area contributed by atoms with Crippen molar-refractivity contribution in [1.29, 1.82) is 0 Å². The Hall–Kier alpha value is -1.80. The summed E-state index contributed by atoms with van der Waals surface area (Å²) in [7, 11) is 4.02. The van der Waals surface area contributed by atoms with Crippen LogP contribution in [0.15, 0.2) is 59.6 Å². The van der Waals surface area contributed by atoms with Gasteiger partial charge in [-0.05, 0) is 42.0 Å². The van der Waals surface area contributed by atoms with Crippen molar-refractivity contribution in [2.45, 2.75) is 25.9 Å². The smallest absolute Gasteiger partial charge is 0.194 e. The van der Waals surface area contributed by atoms with E-state index >= 15 is 0 Å². The highest BCUT2D eigenvalue weighted by Gasteiger charge is 2.18. The van der Waals surface area contributed by atoms with E-state index in [0.29, 0.717) is 19.1 Å². The van der Waals surface area contributed by atoms with Gasteiger partial charge < -0.3 is 20.2 Å². The van der Waals surface area contributed by atoms with Crippen LogP contribution < -0.4 is 10.2 Å². The number of hydrogen-bond acceptors (Lipinski definition) is 3. The van der Waals surface area contributed by atoms with Crippen LogP contribution in [0.2, 0.25) is 0 Å². The largest absolute Gasteiger partial charge is 0.396 e. The van der Waals surface area contributed by atoms with E-state index in [1.54, 1.807) is 0 Å². The van der Waals surface area contributed by atoms with E-state index in [2.05, 4.69) is 46.6 Å². The molecule has 0 aliphatic carbocycles. The number of aliphatic hydroxyl groups is 1. The highest BCUT2D eigenvalue weighted by atomic mass is 127. The minimum Gasteiger partial charge on any atom is -0.396 e. The lowest BCUT2D eigenvalue weighted by molar-refractivity contribution is 0.203. The fraction of sp³-hybridized carbons (Fsp3) is 0.435. The summed E-state index contributed by atoms with van der Waals surface area (Å²) in [5, 5.41) is 12.7. The van der Waals surface area contributed by atoms with Crippen LogP contribution in [0.1, 0.15) is 24.0 Å². The molecule has 0 bridgehead atoms. The fourth-order valence-electron chi connectivity index (χ4n) is 3.48. The second-order valence-corrected chi connectivity index (χ2v) is 7.65. The number of hydrogen-bond donors (Lipinski definition) is 2. The van der Waals surface area contributed by atoms with Gasteiger partial charge >= 0.3 is 0 Å². The number of aliphatic hydroxyl groups excluding tert-OH is 1. The average Bonchev–Trinajstić information content (AvgIpc) is 2.75. The van der Waals surface area contributed by atoms with Crippen molar-refractivity contribution in [3.05, 3.63) is 65.7 Å². The van der Waals surface area contributed by atoms with Crippen molar-refractivity contribution < 1.29 is 5.11 Å². The normalized spacial score (nSPS) is 15.0. The maximum absolute atomic E-state index is 9.29. The highest BCUT2D eigenvalue weighted by molar-refractivity contribution is 14.0. The molecule has 0 unspecified atom stereocenters. The number of halogens is 1. The van der Waals surface area contributed by atoms with E-state index in [4.69, 9.17) is 4.99 Å². The summed E-state index contributed by atoms with van der Waals surface area (Å²) in [6, 6.07) is 19.1. The maximum atomic E-state index is 9.29. The van der Waals surface area contributed by atoms with Crippen LogP contribution in [-0.2, 0) is 13.1 Å². The van der Waals surface area contributed by atoms with Gasteiger partial charge in [-0.25, -0.2) is 4.99 Å².